The molecule has 0 bridgehead atoms. The van der Waals surface area contributed by atoms with E-state index in [0.717, 1.165) is 6.42 Å². The molecule has 17 heavy (non-hydrogen) atoms. The van der Waals surface area contributed by atoms with E-state index < -0.39 is 0 Å². The fraction of sp³-hybridized carbons (Fsp3) is 0.0667. The minimum Gasteiger partial charge on any atom is -0.508 e. The van der Waals surface area contributed by atoms with Gasteiger partial charge in [0.25, 0.3) is 0 Å². The second-order valence-corrected chi connectivity index (χ2v) is 4.20. The van der Waals surface area contributed by atoms with E-state index in [2.05, 4.69) is 29.4 Å². The molecule has 0 saturated heterocycles. The standard InChI is InChI=1S/C15H13NO/c17-13-7-5-11(6-8-13)9-12-10-16-15-4-2-1-3-14(12)15/h1-8,10,16-17H,9H2. The number of aromatic nitrogens is 1. The molecular weight excluding hydrogens is 210 g/mol. The van der Waals surface area contributed by atoms with Gasteiger partial charge in [0.15, 0.2) is 0 Å². The normalized spacial score (nSPS) is 10.8. The van der Waals surface area contributed by atoms with Gasteiger partial charge >= 0.3 is 0 Å². The summed E-state index contributed by atoms with van der Waals surface area (Å²) in [6, 6.07) is 15.7. The van der Waals surface area contributed by atoms with Crippen LogP contribution in [0.25, 0.3) is 10.9 Å². The van der Waals surface area contributed by atoms with Gasteiger partial charge in [0, 0.05) is 17.1 Å². The van der Waals surface area contributed by atoms with Crippen molar-refractivity contribution in [1.82, 2.24) is 4.98 Å². The van der Waals surface area contributed by atoms with Crippen molar-refractivity contribution < 1.29 is 5.11 Å². The number of rotatable bonds is 2. The molecule has 3 rings (SSSR count). The number of benzene rings is 2. The highest BCUT2D eigenvalue weighted by atomic mass is 16.3. The Balaban J connectivity index is 1.97. The molecule has 0 spiro atoms. The predicted octanol–water partition coefficient (Wildman–Crippen LogP) is 3.46. The van der Waals surface area contributed by atoms with Crippen LogP contribution in [-0.2, 0) is 6.42 Å². The first-order valence-electron chi connectivity index (χ1n) is 5.66. The Kier molecular flexibility index (Phi) is 2.33. The number of fused-ring (bicyclic) bond motifs is 1. The van der Waals surface area contributed by atoms with Crippen LogP contribution in [0.1, 0.15) is 11.1 Å². The van der Waals surface area contributed by atoms with Gasteiger partial charge < -0.3 is 10.1 Å². The zero-order valence-electron chi connectivity index (χ0n) is 9.35. The zero-order valence-corrected chi connectivity index (χ0v) is 9.35. The van der Waals surface area contributed by atoms with Crippen LogP contribution in [-0.4, -0.2) is 10.1 Å². The molecule has 0 fully saturated rings. The van der Waals surface area contributed by atoms with Crippen molar-refractivity contribution in [3.8, 4) is 5.75 Å². The van der Waals surface area contributed by atoms with E-state index in [1.165, 1.54) is 22.0 Å². The number of hydrogen-bond donors (Lipinski definition) is 2. The van der Waals surface area contributed by atoms with E-state index >= 15 is 0 Å². The smallest absolute Gasteiger partial charge is 0.115 e. The minimum atomic E-state index is 0.313. The molecule has 2 N–H and O–H groups in total. The number of aromatic hydroxyl groups is 1. The van der Waals surface area contributed by atoms with Crippen LogP contribution in [0.5, 0.6) is 5.75 Å². The number of para-hydroxylation sites is 1. The highest BCUT2D eigenvalue weighted by Gasteiger charge is 2.03. The highest BCUT2D eigenvalue weighted by Crippen LogP contribution is 2.21. The molecule has 2 aromatic carbocycles. The summed E-state index contributed by atoms with van der Waals surface area (Å²) in [7, 11) is 0. The van der Waals surface area contributed by atoms with Crippen molar-refractivity contribution in [2.24, 2.45) is 0 Å². The number of H-pyrrole nitrogens is 1. The number of nitrogens with one attached hydrogen (secondary N) is 1. The fourth-order valence-corrected chi connectivity index (χ4v) is 2.11. The van der Waals surface area contributed by atoms with Crippen LogP contribution >= 0.6 is 0 Å². The third kappa shape index (κ3) is 1.89. The molecule has 0 aliphatic rings. The summed E-state index contributed by atoms with van der Waals surface area (Å²) in [6.07, 6.45) is 2.93. The number of phenolic OH excluding ortho intramolecular Hbond substituents is 1. The van der Waals surface area contributed by atoms with E-state index in [-0.39, 0.29) is 0 Å². The Hall–Kier alpha value is -2.22. The molecule has 0 amide bonds. The van der Waals surface area contributed by atoms with Crippen molar-refractivity contribution in [1.29, 1.82) is 0 Å². The molecule has 0 saturated carbocycles. The molecule has 1 aromatic heterocycles. The molecule has 84 valence electrons. The molecule has 2 heteroatoms. The summed E-state index contributed by atoms with van der Waals surface area (Å²) in [5, 5.41) is 10.5. The lowest BCUT2D eigenvalue weighted by molar-refractivity contribution is 0.475. The average Bonchev–Trinajstić information content (AvgIpc) is 2.76. The lowest BCUT2D eigenvalue weighted by atomic mass is 10.0. The number of aromatic amines is 1. The van der Waals surface area contributed by atoms with Crippen LogP contribution in [0.15, 0.2) is 54.7 Å². The Morgan fingerprint density at radius 2 is 1.71 bits per heavy atom. The Labute approximate surface area is 99.5 Å². The van der Waals surface area contributed by atoms with Gasteiger partial charge in [0.1, 0.15) is 5.75 Å². The highest BCUT2D eigenvalue weighted by molar-refractivity contribution is 5.83. The lowest BCUT2D eigenvalue weighted by Crippen LogP contribution is -1.85. The largest absolute Gasteiger partial charge is 0.508 e. The third-order valence-corrected chi connectivity index (χ3v) is 3.01. The Morgan fingerprint density at radius 1 is 0.941 bits per heavy atom. The van der Waals surface area contributed by atoms with Crippen molar-refractivity contribution in [3.63, 3.8) is 0 Å². The maximum atomic E-state index is 9.25. The third-order valence-electron chi connectivity index (χ3n) is 3.01. The second kappa shape index (κ2) is 3.98. The summed E-state index contributed by atoms with van der Waals surface area (Å²) in [6.45, 7) is 0. The molecule has 1 heterocycles. The molecule has 3 aromatic rings. The zero-order chi connectivity index (χ0) is 11.7. The van der Waals surface area contributed by atoms with Gasteiger partial charge in [0.2, 0.25) is 0 Å². The number of hydrogen-bond acceptors (Lipinski definition) is 1. The Morgan fingerprint density at radius 3 is 2.53 bits per heavy atom. The first-order chi connectivity index (χ1) is 8.33. The van der Waals surface area contributed by atoms with Crippen molar-refractivity contribution >= 4 is 10.9 Å². The molecule has 0 unspecified atom stereocenters. The van der Waals surface area contributed by atoms with Crippen molar-refractivity contribution in [2.45, 2.75) is 6.42 Å². The fourth-order valence-electron chi connectivity index (χ4n) is 2.11. The van der Waals surface area contributed by atoms with Gasteiger partial charge in [0.05, 0.1) is 0 Å². The van der Waals surface area contributed by atoms with Crippen LogP contribution in [0.2, 0.25) is 0 Å². The van der Waals surface area contributed by atoms with Gasteiger partial charge in [-0.2, -0.15) is 0 Å². The minimum absolute atomic E-state index is 0.313. The van der Waals surface area contributed by atoms with Crippen LogP contribution in [0.3, 0.4) is 0 Å². The van der Waals surface area contributed by atoms with Gasteiger partial charge in [-0.3, -0.25) is 0 Å². The summed E-state index contributed by atoms with van der Waals surface area (Å²) >= 11 is 0. The molecule has 0 aliphatic carbocycles. The first-order valence-corrected chi connectivity index (χ1v) is 5.66. The van der Waals surface area contributed by atoms with E-state index in [1.807, 2.05) is 18.2 Å². The van der Waals surface area contributed by atoms with Crippen LogP contribution < -0.4 is 0 Å². The average molecular weight is 223 g/mol. The molecule has 0 radical (unpaired) electrons. The van der Waals surface area contributed by atoms with Crippen LogP contribution in [0.4, 0.5) is 0 Å². The summed E-state index contributed by atoms with van der Waals surface area (Å²) in [5.74, 6) is 0.313. The summed E-state index contributed by atoms with van der Waals surface area (Å²) in [4.78, 5) is 3.27. The maximum Gasteiger partial charge on any atom is 0.115 e. The van der Waals surface area contributed by atoms with E-state index in [1.54, 1.807) is 12.1 Å². The molecule has 0 aliphatic heterocycles. The quantitative estimate of drug-likeness (QED) is 0.685. The van der Waals surface area contributed by atoms with Crippen molar-refractivity contribution in [3.05, 3.63) is 65.9 Å². The van der Waals surface area contributed by atoms with E-state index in [4.69, 9.17) is 0 Å². The van der Waals surface area contributed by atoms with Gasteiger partial charge in [-0.25, -0.2) is 0 Å². The van der Waals surface area contributed by atoms with Gasteiger partial charge in [-0.05, 0) is 35.7 Å². The summed E-state index contributed by atoms with van der Waals surface area (Å²) in [5.41, 5.74) is 3.65. The molecule has 2 nitrogen and oxygen atoms in total. The van der Waals surface area contributed by atoms with E-state index in [9.17, 15) is 5.11 Å². The molecule has 0 atom stereocenters. The Bertz CT molecular complexity index is 637. The monoisotopic (exact) mass is 223 g/mol. The summed E-state index contributed by atoms with van der Waals surface area (Å²) < 4.78 is 0. The molecular formula is C15H13NO. The van der Waals surface area contributed by atoms with Crippen molar-refractivity contribution in [2.75, 3.05) is 0 Å². The lowest BCUT2D eigenvalue weighted by Gasteiger charge is -2.00. The SMILES string of the molecule is Oc1ccc(Cc2c[nH]c3ccccc23)cc1. The maximum absolute atomic E-state index is 9.25. The van der Waals surface area contributed by atoms with Gasteiger partial charge in [-0.1, -0.05) is 30.3 Å². The van der Waals surface area contributed by atoms with Crippen LogP contribution in [0, 0.1) is 0 Å². The van der Waals surface area contributed by atoms with E-state index in [0.29, 0.717) is 5.75 Å². The predicted molar refractivity (Wildman–Crippen MR) is 69.2 cm³/mol. The first kappa shape index (κ1) is 9.97. The van der Waals surface area contributed by atoms with Gasteiger partial charge in [-0.15, -0.1) is 0 Å². The number of phenols is 1. The second-order valence-electron chi connectivity index (χ2n) is 4.20. The topological polar surface area (TPSA) is 36.0 Å².